The van der Waals surface area contributed by atoms with Crippen LogP contribution in [0.1, 0.15) is 12.0 Å². The molecule has 2 amide bonds. The summed E-state index contributed by atoms with van der Waals surface area (Å²) in [6.45, 7) is 4.03. The van der Waals surface area contributed by atoms with Crippen molar-refractivity contribution < 1.29 is 23.5 Å². The van der Waals surface area contributed by atoms with Crippen LogP contribution in [0.25, 0.3) is 0 Å². The van der Waals surface area contributed by atoms with Crippen molar-refractivity contribution in [3.8, 4) is 11.5 Å². The first-order valence-electron chi connectivity index (χ1n) is 10.5. The molecule has 162 valence electrons. The minimum atomic E-state index is -0.443. The summed E-state index contributed by atoms with van der Waals surface area (Å²) < 4.78 is 24.9. The minimum absolute atomic E-state index is 0.0186. The van der Waals surface area contributed by atoms with Crippen molar-refractivity contribution in [3.05, 3.63) is 53.8 Å². The van der Waals surface area contributed by atoms with Gasteiger partial charge in [-0.05, 0) is 29.8 Å². The zero-order chi connectivity index (χ0) is 21.4. The molecular formula is C23H24FN3O4. The number of halogens is 1. The number of amides is 2. The molecule has 0 bridgehead atoms. The second-order valence-corrected chi connectivity index (χ2v) is 8.15. The van der Waals surface area contributed by atoms with Gasteiger partial charge in [0.2, 0.25) is 18.6 Å². The summed E-state index contributed by atoms with van der Waals surface area (Å²) in [7, 11) is 0. The van der Waals surface area contributed by atoms with Crippen LogP contribution in [-0.2, 0) is 16.1 Å². The second-order valence-electron chi connectivity index (χ2n) is 8.15. The fourth-order valence-corrected chi connectivity index (χ4v) is 4.46. The molecule has 0 aromatic heterocycles. The van der Waals surface area contributed by atoms with Gasteiger partial charge in [-0.3, -0.25) is 14.5 Å². The van der Waals surface area contributed by atoms with E-state index < -0.39 is 11.7 Å². The summed E-state index contributed by atoms with van der Waals surface area (Å²) in [4.78, 5) is 31.0. The average Bonchev–Trinajstić information content (AvgIpc) is 3.40. The molecule has 0 radical (unpaired) electrons. The molecule has 0 aliphatic carbocycles. The fourth-order valence-electron chi connectivity index (χ4n) is 4.46. The Morgan fingerprint density at radius 1 is 1.03 bits per heavy atom. The lowest BCUT2D eigenvalue weighted by atomic mass is 10.1. The molecule has 8 heteroatoms. The normalized spacial score (nSPS) is 21.1. The highest BCUT2D eigenvalue weighted by Crippen LogP contribution is 2.33. The molecule has 0 N–H and O–H groups in total. The highest BCUT2D eigenvalue weighted by Gasteiger charge is 2.38. The molecule has 3 aliphatic heterocycles. The van der Waals surface area contributed by atoms with E-state index in [1.54, 1.807) is 18.2 Å². The number of carbonyl (C=O) groups is 2. The Labute approximate surface area is 179 Å². The van der Waals surface area contributed by atoms with E-state index in [9.17, 15) is 14.0 Å². The maximum Gasteiger partial charge on any atom is 0.231 e. The van der Waals surface area contributed by atoms with E-state index in [4.69, 9.17) is 9.47 Å². The molecule has 3 aliphatic rings. The van der Waals surface area contributed by atoms with Crippen LogP contribution in [0, 0.1) is 11.7 Å². The molecule has 3 heterocycles. The predicted octanol–water partition coefficient (Wildman–Crippen LogP) is 2.25. The van der Waals surface area contributed by atoms with E-state index in [2.05, 4.69) is 4.90 Å². The summed E-state index contributed by atoms with van der Waals surface area (Å²) in [5.41, 5.74) is 1.39. The lowest BCUT2D eigenvalue weighted by Gasteiger charge is -2.36. The lowest BCUT2D eigenvalue weighted by molar-refractivity contribution is -0.137. The Hall–Kier alpha value is -3.13. The number of hydrogen-bond acceptors (Lipinski definition) is 5. The molecule has 2 fully saturated rings. The van der Waals surface area contributed by atoms with Crippen LogP contribution < -0.4 is 14.4 Å². The molecular weight excluding hydrogens is 401 g/mol. The molecule has 5 rings (SSSR count). The van der Waals surface area contributed by atoms with Crippen molar-refractivity contribution >= 4 is 17.5 Å². The monoisotopic (exact) mass is 425 g/mol. The molecule has 7 nitrogen and oxygen atoms in total. The van der Waals surface area contributed by atoms with Gasteiger partial charge in [-0.1, -0.05) is 18.2 Å². The number of rotatable bonds is 4. The van der Waals surface area contributed by atoms with Gasteiger partial charge in [-0.15, -0.1) is 0 Å². The molecule has 0 spiro atoms. The third-order valence-corrected chi connectivity index (χ3v) is 6.14. The summed E-state index contributed by atoms with van der Waals surface area (Å²) in [6, 6.07) is 12.2. The van der Waals surface area contributed by atoms with Gasteiger partial charge in [-0.25, -0.2) is 4.39 Å². The third-order valence-electron chi connectivity index (χ3n) is 6.14. The zero-order valence-corrected chi connectivity index (χ0v) is 17.1. The Morgan fingerprint density at radius 3 is 2.61 bits per heavy atom. The molecule has 2 aromatic carbocycles. The van der Waals surface area contributed by atoms with E-state index in [1.165, 1.54) is 11.0 Å². The van der Waals surface area contributed by atoms with Crippen LogP contribution in [0.5, 0.6) is 11.5 Å². The van der Waals surface area contributed by atoms with Crippen molar-refractivity contribution in [2.24, 2.45) is 5.92 Å². The van der Waals surface area contributed by atoms with E-state index in [0.29, 0.717) is 13.1 Å². The highest BCUT2D eigenvalue weighted by atomic mass is 19.1. The van der Waals surface area contributed by atoms with Gasteiger partial charge in [-0.2, -0.15) is 0 Å². The van der Waals surface area contributed by atoms with Crippen LogP contribution >= 0.6 is 0 Å². The second kappa shape index (κ2) is 8.19. The van der Waals surface area contributed by atoms with Gasteiger partial charge < -0.3 is 19.3 Å². The SMILES string of the molecule is O=C([C@H]1CC(=O)N(c2ccccc2F)C1)N1CCN(Cc2ccc3c(c2)OCO3)CC1. The van der Waals surface area contributed by atoms with Gasteiger partial charge in [0.1, 0.15) is 5.82 Å². The molecule has 2 saturated heterocycles. The number of anilines is 1. The van der Waals surface area contributed by atoms with Crippen molar-refractivity contribution in [2.75, 3.05) is 44.4 Å². The van der Waals surface area contributed by atoms with E-state index in [1.807, 2.05) is 23.1 Å². The van der Waals surface area contributed by atoms with Gasteiger partial charge in [0.05, 0.1) is 11.6 Å². The number of piperazine rings is 1. The van der Waals surface area contributed by atoms with E-state index in [0.717, 1.165) is 36.7 Å². The van der Waals surface area contributed by atoms with Crippen LogP contribution in [0.2, 0.25) is 0 Å². The number of ether oxygens (including phenoxy) is 2. The number of benzene rings is 2. The highest BCUT2D eigenvalue weighted by molar-refractivity contribution is 6.00. The zero-order valence-electron chi connectivity index (χ0n) is 17.1. The Balaban J connectivity index is 1.16. The Bertz CT molecular complexity index is 1010. The van der Waals surface area contributed by atoms with Gasteiger partial charge in [0.15, 0.2) is 11.5 Å². The van der Waals surface area contributed by atoms with Crippen LogP contribution in [0.3, 0.4) is 0 Å². The first-order valence-corrected chi connectivity index (χ1v) is 10.5. The van der Waals surface area contributed by atoms with Gasteiger partial charge >= 0.3 is 0 Å². The number of hydrogen-bond donors (Lipinski definition) is 0. The summed E-state index contributed by atoms with van der Waals surface area (Å²) in [5.74, 6) is 0.458. The number of fused-ring (bicyclic) bond motifs is 1. The Kier molecular flexibility index (Phi) is 5.23. The van der Waals surface area contributed by atoms with E-state index in [-0.39, 0.29) is 37.3 Å². The van der Waals surface area contributed by atoms with Crippen molar-refractivity contribution in [1.29, 1.82) is 0 Å². The van der Waals surface area contributed by atoms with Crippen LogP contribution in [-0.4, -0.2) is 61.1 Å². The maximum absolute atomic E-state index is 14.1. The average molecular weight is 425 g/mol. The summed E-state index contributed by atoms with van der Waals surface area (Å²) >= 11 is 0. The number of para-hydroxylation sites is 1. The number of carbonyl (C=O) groups excluding carboxylic acids is 2. The lowest BCUT2D eigenvalue weighted by Crippen LogP contribution is -2.50. The number of nitrogens with zero attached hydrogens (tertiary/aromatic N) is 3. The van der Waals surface area contributed by atoms with E-state index >= 15 is 0 Å². The van der Waals surface area contributed by atoms with Crippen LogP contribution in [0.15, 0.2) is 42.5 Å². The predicted molar refractivity (Wildman–Crippen MR) is 111 cm³/mol. The van der Waals surface area contributed by atoms with Crippen molar-refractivity contribution in [3.63, 3.8) is 0 Å². The topological polar surface area (TPSA) is 62.3 Å². The van der Waals surface area contributed by atoms with Crippen molar-refractivity contribution in [1.82, 2.24) is 9.80 Å². The molecule has 1 atom stereocenters. The first kappa shape index (κ1) is 19.8. The van der Waals surface area contributed by atoms with Gasteiger partial charge in [0.25, 0.3) is 0 Å². The quantitative estimate of drug-likeness (QED) is 0.752. The molecule has 0 saturated carbocycles. The standard InChI is InChI=1S/C23H24FN3O4/c24-18-3-1-2-4-19(18)27-14-17(12-22(27)28)23(29)26-9-7-25(8-10-26)13-16-5-6-20-21(11-16)31-15-30-20/h1-6,11,17H,7-10,12-15H2/t17-/m0/s1. The fraction of sp³-hybridized carbons (Fsp3) is 0.391. The molecule has 31 heavy (non-hydrogen) atoms. The minimum Gasteiger partial charge on any atom is -0.454 e. The Morgan fingerprint density at radius 2 is 1.81 bits per heavy atom. The van der Waals surface area contributed by atoms with Crippen molar-refractivity contribution in [2.45, 2.75) is 13.0 Å². The first-order chi connectivity index (χ1) is 15.1. The summed E-state index contributed by atoms with van der Waals surface area (Å²) in [6.07, 6.45) is 0.130. The third kappa shape index (κ3) is 3.95. The smallest absolute Gasteiger partial charge is 0.231 e. The van der Waals surface area contributed by atoms with Gasteiger partial charge in [0, 0.05) is 45.7 Å². The summed E-state index contributed by atoms with van der Waals surface area (Å²) in [5, 5.41) is 0. The molecule has 2 aromatic rings. The maximum atomic E-state index is 14.1. The van der Waals surface area contributed by atoms with Crippen LogP contribution in [0.4, 0.5) is 10.1 Å². The largest absolute Gasteiger partial charge is 0.454 e. The molecule has 0 unspecified atom stereocenters.